The lowest BCUT2D eigenvalue weighted by molar-refractivity contribution is 0.0207. The Labute approximate surface area is 126 Å². The largest absolute Gasteiger partial charge is 0.379 e. The van der Waals surface area contributed by atoms with E-state index in [4.69, 9.17) is 4.74 Å². The lowest BCUT2D eigenvalue weighted by Gasteiger charge is -2.32. The van der Waals surface area contributed by atoms with Gasteiger partial charge in [-0.1, -0.05) is 6.07 Å². The quantitative estimate of drug-likeness (QED) is 0.877. The third-order valence-electron chi connectivity index (χ3n) is 3.69. The van der Waals surface area contributed by atoms with Gasteiger partial charge in [-0.3, -0.25) is 9.88 Å². The van der Waals surface area contributed by atoms with Gasteiger partial charge >= 0.3 is 6.03 Å². The van der Waals surface area contributed by atoms with Crippen LogP contribution in [0.4, 0.5) is 4.79 Å². The van der Waals surface area contributed by atoms with Gasteiger partial charge in [0.2, 0.25) is 0 Å². The predicted molar refractivity (Wildman–Crippen MR) is 81.0 cm³/mol. The second-order valence-electron chi connectivity index (χ2n) is 5.36. The van der Waals surface area contributed by atoms with Crippen LogP contribution in [0.3, 0.4) is 0 Å². The van der Waals surface area contributed by atoms with Crippen LogP contribution in [0.2, 0.25) is 0 Å². The minimum absolute atomic E-state index is 0.0687. The lowest BCUT2D eigenvalue weighted by Crippen LogP contribution is -2.49. The zero-order valence-corrected chi connectivity index (χ0v) is 12.8. The molecule has 1 atom stereocenters. The summed E-state index contributed by atoms with van der Waals surface area (Å²) in [6.45, 7) is 6.70. The van der Waals surface area contributed by atoms with E-state index in [1.54, 1.807) is 18.1 Å². The molecule has 116 valence electrons. The maximum atomic E-state index is 12.1. The predicted octanol–water partition coefficient (Wildman–Crippen LogP) is 0.944. The average molecular weight is 292 g/mol. The minimum Gasteiger partial charge on any atom is -0.379 e. The van der Waals surface area contributed by atoms with Crippen molar-refractivity contribution in [1.29, 1.82) is 0 Å². The van der Waals surface area contributed by atoms with Crippen molar-refractivity contribution >= 4 is 6.03 Å². The molecule has 6 nitrogen and oxygen atoms in total. The first-order valence-electron chi connectivity index (χ1n) is 7.37. The van der Waals surface area contributed by atoms with Crippen LogP contribution in [0, 0.1) is 0 Å². The summed E-state index contributed by atoms with van der Waals surface area (Å²) in [6, 6.07) is 5.96. The molecule has 1 fully saturated rings. The van der Waals surface area contributed by atoms with Crippen molar-refractivity contribution in [3.05, 3.63) is 30.1 Å². The summed E-state index contributed by atoms with van der Waals surface area (Å²) in [5, 5.41) is 2.98. The van der Waals surface area contributed by atoms with E-state index in [1.165, 1.54) is 0 Å². The molecule has 1 aliphatic heterocycles. The van der Waals surface area contributed by atoms with E-state index < -0.39 is 0 Å². The number of morpholine rings is 1. The maximum absolute atomic E-state index is 12.1. The molecule has 0 aromatic carbocycles. The van der Waals surface area contributed by atoms with Gasteiger partial charge in [0.1, 0.15) is 0 Å². The maximum Gasteiger partial charge on any atom is 0.317 e. The lowest BCUT2D eigenvalue weighted by atomic mass is 10.2. The highest BCUT2D eigenvalue weighted by molar-refractivity contribution is 5.73. The highest BCUT2D eigenvalue weighted by atomic mass is 16.5. The molecule has 21 heavy (non-hydrogen) atoms. The zero-order valence-electron chi connectivity index (χ0n) is 12.8. The van der Waals surface area contributed by atoms with Gasteiger partial charge < -0.3 is 15.0 Å². The third-order valence-corrected chi connectivity index (χ3v) is 3.69. The molecule has 0 saturated carbocycles. The summed E-state index contributed by atoms with van der Waals surface area (Å²) in [4.78, 5) is 20.3. The number of rotatable bonds is 5. The van der Waals surface area contributed by atoms with E-state index >= 15 is 0 Å². The van der Waals surface area contributed by atoms with Gasteiger partial charge in [0.15, 0.2) is 0 Å². The van der Waals surface area contributed by atoms with E-state index in [2.05, 4.69) is 22.1 Å². The van der Waals surface area contributed by atoms with E-state index in [1.807, 2.05) is 18.2 Å². The Morgan fingerprint density at radius 2 is 2.24 bits per heavy atom. The van der Waals surface area contributed by atoms with Crippen LogP contribution in [-0.2, 0) is 11.3 Å². The first kappa shape index (κ1) is 15.7. The van der Waals surface area contributed by atoms with Crippen molar-refractivity contribution in [3.63, 3.8) is 0 Å². The normalized spacial score (nSPS) is 17.2. The van der Waals surface area contributed by atoms with E-state index in [9.17, 15) is 4.79 Å². The molecule has 2 heterocycles. The monoisotopic (exact) mass is 292 g/mol. The number of nitrogens with one attached hydrogen (secondary N) is 1. The summed E-state index contributed by atoms with van der Waals surface area (Å²) in [7, 11) is 1.78. The van der Waals surface area contributed by atoms with Crippen molar-refractivity contribution in [2.75, 3.05) is 39.9 Å². The standard InChI is InChI=1S/C15H24N4O2/c1-13(19-7-9-21-10-8-19)11-17-15(20)18(2)12-14-5-3-4-6-16-14/h3-6,13H,7-12H2,1-2H3,(H,17,20). The first-order chi connectivity index (χ1) is 10.2. The highest BCUT2D eigenvalue weighted by Gasteiger charge is 2.18. The number of pyridine rings is 1. The van der Waals surface area contributed by atoms with Gasteiger partial charge in [0.05, 0.1) is 25.5 Å². The average Bonchev–Trinajstić information content (AvgIpc) is 2.54. The Kier molecular flexibility index (Phi) is 5.95. The van der Waals surface area contributed by atoms with Gasteiger partial charge in [-0.25, -0.2) is 4.79 Å². The van der Waals surface area contributed by atoms with Crippen LogP contribution in [0.5, 0.6) is 0 Å². The van der Waals surface area contributed by atoms with E-state index in [0.29, 0.717) is 19.1 Å². The molecule has 0 spiro atoms. The molecule has 2 rings (SSSR count). The molecule has 0 bridgehead atoms. The molecule has 1 saturated heterocycles. The van der Waals surface area contributed by atoms with Crippen LogP contribution in [0.25, 0.3) is 0 Å². The Balaban J connectivity index is 1.73. The molecule has 1 aromatic heterocycles. The zero-order chi connectivity index (χ0) is 15.1. The Bertz CT molecular complexity index is 435. The third kappa shape index (κ3) is 4.99. The number of amides is 2. The number of hydrogen-bond donors (Lipinski definition) is 1. The Morgan fingerprint density at radius 1 is 1.48 bits per heavy atom. The summed E-state index contributed by atoms with van der Waals surface area (Å²) >= 11 is 0. The van der Waals surface area contributed by atoms with Gasteiger partial charge in [-0.2, -0.15) is 0 Å². The van der Waals surface area contributed by atoms with Crippen LogP contribution < -0.4 is 5.32 Å². The second kappa shape index (κ2) is 7.95. The van der Waals surface area contributed by atoms with Gasteiger partial charge in [0.25, 0.3) is 0 Å². The van der Waals surface area contributed by atoms with Crippen LogP contribution in [0.15, 0.2) is 24.4 Å². The van der Waals surface area contributed by atoms with E-state index in [-0.39, 0.29) is 6.03 Å². The SMILES string of the molecule is CC(CNC(=O)N(C)Cc1ccccn1)N1CCOCC1. The fraction of sp³-hybridized carbons (Fsp3) is 0.600. The van der Waals surface area contributed by atoms with Crippen molar-refractivity contribution in [2.24, 2.45) is 0 Å². The molecule has 2 amide bonds. The fourth-order valence-corrected chi connectivity index (χ4v) is 2.32. The second-order valence-corrected chi connectivity index (χ2v) is 5.36. The van der Waals surface area contributed by atoms with Gasteiger partial charge in [-0.05, 0) is 19.1 Å². The molecule has 1 aromatic rings. The van der Waals surface area contributed by atoms with Crippen LogP contribution in [-0.4, -0.2) is 66.8 Å². The summed E-state index contributed by atoms with van der Waals surface area (Å²) in [6.07, 6.45) is 1.74. The van der Waals surface area contributed by atoms with Crippen LogP contribution >= 0.6 is 0 Å². The highest BCUT2D eigenvalue weighted by Crippen LogP contribution is 2.03. The van der Waals surface area contributed by atoms with Gasteiger partial charge in [0, 0.05) is 38.9 Å². The number of nitrogens with zero attached hydrogens (tertiary/aromatic N) is 3. The molecular formula is C15H24N4O2. The van der Waals surface area contributed by atoms with Crippen molar-refractivity contribution in [2.45, 2.75) is 19.5 Å². The smallest absolute Gasteiger partial charge is 0.317 e. The molecule has 6 heteroatoms. The summed E-state index contributed by atoms with van der Waals surface area (Å²) < 4.78 is 5.34. The molecule has 0 aliphatic carbocycles. The number of carbonyl (C=O) groups excluding carboxylic acids is 1. The molecule has 1 unspecified atom stereocenters. The number of hydrogen-bond acceptors (Lipinski definition) is 4. The van der Waals surface area contributed by atoms with E-state index in [0.717, 1.165) is 32.0 Å². The molecule has 1 N–H and O–H groups in total. The van der Waals surface area contributed by atoms with Crippen LogP contribution in [0.1, 0.15) is 12.6 Å². The number of carbonyl (C=O) groups is 1. The summed E-state index contributed by atoms with van der Waals surface area (Å²) in [5.74, 6) is 0. The first-order valence-corrected chi connectivity index (χ1v) is 7.37. The van der Waals surface area contributed by atoms with Gasteiger partial charge in [-0.15, -0.1) is 0 Å². The Hall–Kier alpha value is -1.66. The number of urea groups is 1. The topological polar surface area (TPSA) is 57.7 Å². The Morgan fingerprint density at radius 3 is 2.90 bits per heavy atom. The van der Waals surface area contributed by atoms with Crippen molar-refractivity contribution in [3.8, 4) is 0 Å². The minimum atomic E-state index is -0.0687. The molecule has 1 aliphatic rings. The molecular weight excluding hydrogens is 268 g/mol. The number of ether oxygens (including phenoxy) is 1. The summed E-state index contributed by atoms with van der Waals surface area (Å²) in [5.41, 5.74) is 0.886. The van der Waals surface area contributed by atoms with Crippen molar-refractivity contribution < 1.29 is 9.53 Å². The number of aromatic nitrogens is 1. The fourth-order valence-electron chi connectivity index (χ4n) is 2.32. The molecule has 0 radical (unpaired) electrons. The van der Waals surface area contributed by atoms with Crippen molar-refractivity contribution in [1.82, 2.24) is 20.1 Å².